The van der Waals surface area contributed by atoms with Crippen molar-refractivity contribution >= 4 is 5.97 Å². The number of carboxylic acids is 1. The van der Waals surface area contributed by atoms with Crippen LogP contribution in [-0.4, -0.2) is 49.1 Å². The molecule has 0 aromatic rings. The summed E-state index contributed by atoms with van der Waals surface area (Å²) in [6, 6.07) is -0.630. The minimum Gasteiger partial charge on any atom is -0.480 e. The normalized spacial score (nSPS) is 12.7. The molecule has 0 rings (SSSR count). The second kappa shape index (κ2) is 8.93. The molecule has 0 saturated heterocycles. The molecule has 0 spiro atoms. The Hall–Kier alpha value is -0.650. The molecule has 0 amide bonds. The fourth-order valence-electron chi connectivity index (χ4n) is 1.07. The molecular weight excluding hydrogens is 186 g/mol. The highest BCUT2D eigenvalue weighted by Gasteiger charge is 2.15. The van der Waals surface area contributed by atoms with Gasteiger partial charge in [0.15, 0.2) is 0 Å². The highest BCUT2D eigenvalue weighted by molar-refractivity contribution is 5.73. The Bertz CT molecular complexity index is 152. The number of unbranched alkanes of at least 4 members (excludes halogenated alkanes) is 2. The van der Waals surface area contributed by atoms with Crippen LogP contribution in [0.3, 0.4) is 0 Å². The zero-order chi connectivity index (χ0) is 10.8. The van der Waals surface area contributed by atoms with E-state index < -0.39 is 12.0 Å². The van der Waals surface area contributed by atoms with Crippen molar-refractivity contribution in [3.05, 3.63) is 0 Å². The van der Waals surface area contributed by atoms with Crippen molar-refractivity contribution in [1.82, 2.24) is 5.32 Å². The minimum atomic E-state index is -0.894. The third-order valence-electron chi connectivity index (χ3n) is 1.86. The Morgan fingerprint density at radius 1 is 1.43 bits per heavy atom. The Morgan fingerprint density at radius 2 is 2.14 bits per heavy atom. The Kier molecular flexibility index (Phi) is 8.51. The molecule has 1 unspecified atom stereocenters. The first-order valence-corrected chi connectivity index (χ1v) is 4.78. The lowest BCUT2D eigenvalue weighted by molar-refractivity contribution is -0.140. The fourth-order valence-corrected chi connectivity index (χ4v) is 1.07. The molecule has 3 N–H and O–H groups in total. The van der Waals surface area contributed by atoms with Gasteiger partial charge in [-0.05, 0) is 25.8 Å². The van der Waals surface area contributed by atoms with Crippen LogP contribution in [0.25, 0.3) is 0 Å². The van der Waals surface area contributed by atoms with Gasteiger partial charge in [0.2, 0.25) is 0 Å². The predicted octanol–water partition coefficient (Wildman–Crippen LogP) is -0.162. The fraction of sp³-hybridized carbons (Fsp3) is 0.889. The number of nitrogens with one attached hydrogen (secondary N) is 1. The van der Waals surface area contributed by atoms with Crippen LogP contribution in [0, 0.1) is 0 Å². The third kappa shape index (κ3) is 6.82. The molecule has 0 aromatic carbocycles. The van der Waals surface area contributed by atoms with E-state index in [1.807, 2.05) is 0 Å². The largest absolute Gasteiger partial charge is 0.480 e. The van der Waals surface area contributed by atoms with E-state index in [9.17, 15) is 4.79 Å². The number of aliphatic hydroxyl groups is 1. The van der Waals surface area contributed by atoms with Crippen molar-refractivity contribution in [2.45, 2.75) is 25.3 Å². The van der Waals surface area contributed by atoms with Crippen molar-refractivity contribution < 1.29 is 19.7 Å². The predicted molar refractivity (Wildman–Crippen MR) is 52.2 cm³/mol. The second-order valence-corrected chi connectivity index (χ2v) is 3.08. The lowest BCUT2D eigenvalue weighted by Gasteiger charge is -2.12. The quantitative estimate of drug-likeness (QED) is 0.456. The van der Waals surface area contributed by atoms with E-state index in [0.717, 1.165) is 19.3 Å². The average Bonchev–Trinajstić information content (AvgIpc) is 2.15. The summed E-state index contributed by atoms with van der Waals surface area (Å²) in [6.45, 7) is 1.01. The molecule has 0 radical (unpaired) electrons. The molecule has 0 heterocycles. The van der Waals surface area contributed by atoms with E-state index in [0.29, 0.717) is 6.54 Å². The van der Waals surface area contributed by atoms with Crippen LogP contribution in [0.1, 0.15) is 19.3 Å². The monoisotopic (exact) mass is 205 g/mol. The van der Waals surface area contributed by atoms with Gasteiger partial charge in [-0.1, -0.05) is 0 Å². The van der Waals surface area contributed by atoms with Crippen LogP contribution >= 0.6 is 0 Å². The van der Waals surface area contributed by atoms with Gasteiger partial charge in [0.1, 0.15) is 6.04 Å². The zero-order valence-electron chi connectivity index (χ0n) is 8.53. The van der Waals surface area contributed by atoms with Gasteiger partial charge in [-0.25, -0.2) is 0 Å². The van der Waals surface area contributed by atoms with Crippen LogP contribution in [-0.2, 0) is 9.53 Å². The van der Waals surface area contributed by atoms with Crippen LogP contribution in [0.4, 0.5) is 0 Å². The van der Waals surface area contributed by atoms with E-state index in [-0.39, 0.29) is 13.2 Å². The maximum atomic E-state index is 10.6. The molecule has 0 aliphatic rings. The third-order valence-corrected chi connectivity index (χ3v) is 1.86. The number of carboxylic acid groups (broad SMARTS) is 1. The lowest BCUT2D eigenvalue weighted by atomic mass is 10.2. The molecule has 0 aliphatic heterocycles. The lowest BCUT2D eigenvalue weighted by Crippen LogP contribution is -2.40. The maximum absolute atomic E-state index is 10.6. The summed E-state index contributed by atoms with van der Waals surface area (Å²) >= 11 is 0. The van der Waals surface area contributed by atoms with Crippen LogP contribution in [0.2, 0.25) is 0 Å². The van der Waals surface area contributed by atoms with Crippen molar-refractivity contribution in [3.63, 3.8) is 0 Å². The van der Waals surface area contributed by atoms with Gasteiger partial charge in [0, 0.05) is 13.7 Å². The van der Waals surface area contributed by atoms with E-state index in [4.69, 9.17) is 14.9 Å². The second-order valence-electron chi connectivity index (χ2n) is 3.08. The van der Waals surface area contributed by atoms with Crippen molar-refractivity contribution in [2.75, 3.05) is 26.9 Å². The first-order chi connectivity index (χ1) is 6.72. The van der Waals surface area contributed by atoms with Gasteiger partial charge in [-0.3, -0.25) is 4.79 Å². The number of hydrogen-bond acceptors (Lipinski definition) is 4. The molecular formula is C9H19NO4. The summed E-state index contributed by atoms with van der Waals surface area (Å²) in [5.41, 5.74) is 0. The van der Waals surface area contributed by atoms with Gasteiger partial charge in [-0.2, -0.15) is 0 Å². The van der Waals surface area contributed by atoms with Gasteiger partial charge in [-0.15, -0.1) is 0 Å². The highest BCUT2D eigenvalue weighted by atomic mass is 16.5. The average molecular weight is 205 g/mol. The molecule has 0 fully saturated rings. The number of methoxy groups -OCH3 is 1. The number of aliphatic carboxylic acids is 1. The first-order valence-electron chi connectivity index (χ1n) is 4.78. The molecule has 0 aliphatic carbocycles. The first kappa shape index (κ1) is 13.4. The standard InChI is InChI=1S/C9H19NO4/c1-14-7-8(9(12)13)10-5-3-2-4-6-11/h8,10-11H,2-7H2,1H3,(H,12,13). The van der Waals surface area contributed by atoms with Gasteiger partial charge in [0.25, 0.3) is 0 Å². The zero-order valence-corrected chi connectivity index (χ0v) is 8.53. The van der Waals surface area contributed by atoms with Gasteiger partial charge < -0.3 is 20.3 Å². The summed E-state index contributed by atoms with van der Waals surface area (Å²) in [7, 11) is 1.48. The van der Waals surface area contributed by atoms with Crippen molar-refractivity contribution in [1.29, 1.82) is 0 Å². The summed E-state index contributed by atoms with van der Waals surface area (Å²) in [6.07, 6.45) is 2.54. The molecule has 0 aromatic heterocycles. The van der Waals surface area contributed by atoms with Gasteiger partial charge >= 0.3 is 5.97 Å². The van der Waals surface area contributed by atoms with Crippen LogP contribution in [0.15, 0.2) is 0 Å². The van der Waals surface area contributed by atoms with Gasteiger partial charge in [0.05, 0.1) is 6.61 Å². The summed E-state index contributed by atoms with van der Waals surface area (Å²) in [4.78, 5) is 10.6. The molecule has 5 heteroatoms. The Balaban J connectivity index is 3.46. The van der Waals surface area contributed by atoms with E-state index >= 15 is 0 Å². The molecule has 0 saturated carbocycles. The molecule has 84 valence electrons. The SMILES string of the molecule is COCC(NCCCCCO)C(=O)O. The number of hydrogen-bond donors (Lipinski definition) is 3. The van der Waals surface area contributed by atoms with Crippen molar-refractivity contribution in [3.8, 4) is 0 Å². The number of rotatable bonds is 9. The minimum absolute atomic E-state index is 0.176. The van der Waals surface area contributed by atoms with Crippen LogP contribution in [0.5, 0.6) is 0 Å². The number of ether oxygens (including phenoxy) is 1. The maximum Gasteiger partial charge on any atom is 0.323 e. The Morgan fingerprint density at radius 3 is 2.64 bits per heavy atom. The molecule has 1 atom stereocenters. The van der Waals surface area contributed by atoms with Crippen LogP contribution < -0.4 is 5.32 Å². The molecule has 0 bridgehead atoms. The summed E-state index contributed by atoms with van der Waals surface area (Å²) < 4.78 is 4.76. The molecule has 14 heavy (non-hydrogen) atoms. The van der Waals surface area contributed by atoms with Crippen molar-refractivity contribution in [2.24, 2.45) is 0 Å². The molecule has 5 nitrogen and oxygen atoms in total. The number of carbonyl (C=O) groups is 1. The Labute approximate surface area is 84.1 Å². The summed E-state index contributed by atoms with van der Waals surface area (Å²) in [5, 5.41) is 20.1. The smallest absolute Gasteiger partial charge is 0.323 e. The van der Waals surface area contributed by atoms with E-state index in [2.05, 4.69) is 5.32 Å². The highest BCUT2D eigenvalue weighted by Crippen LogP contribution is 1.93. The topological polar surface area (TPSA) is 78.8 Å². The number of aliphatic hydroxyl groups excluding tert-OH is 1. The van der Waals surface area contributed by atoms with E-state index in [1.54, 1.807) is 0 Å². The van der Waals surface area contributed by atoms with E-state index in [1.165, 1.54) is 7.11 Å². The summed E-state index contributed by atoms with van der Waals surface area (Å²) in [5.74, 6) is -0.894.